The first kappa shape index (κ1) is 11.8. The number of amides is 1. The summed E-state index contributed by atoms with van der Waals surface area (Å²) in [5.41, 5.74) is 4.85. The van der Waals surface area contributed by atoms with E-state index in [0.29, 0.717) is 0 Å². The van der Waals surface area contributed by atoms with Crippen LogP contribution >= 0.6 is 0 Å². The molecule has 1 aromatic carbocycles. The molecule has 0 saturated carbocycles. The van der Waals surface area contributed by atoms with Crippen molar-refractivity contribution in [3.8, 4) is 0 Å². The summed E-state index contributed by atoms with van der Waals surface area (Å²) in [4.78, 5) is 18.1. The molecule has 0 aliphatic carbocycles. The zero-order valence-corrected chi connectivity index (χ0v) is 11.6. The highest BCUT2D eigenvalue weighted by atomic mass is 16.2. The molecule has 1 fully saturated rings. The number of carbonyl (C=O) groups is 1. The van der Waals surface area contributed by atoms with Gasteiger partial charge in [-0.05, 0) is 37.8 Å². The Kier molecular flexibility index (Phi) is 2.49. The van der Waals surface area contributed by atoms with Crippen LogP contribution in [-0.2, 0) is 11.2 Å². The summed E-state index contributed by atoms with van der Waals surface area (Å²) in [6, 6.07) is 8.70. The van der Waals surface area contributed by atoms with Crippen LogP contribution in [0.15, 0.2) is 35.9 Å². The molecule has 3 heterocycles. The highest BCUT2D eigenvalue weighted by Gasteiger charge is 2.37. The van der Waals surface area contributed by atoms with Crippen LogP contribution in [0.25, 0.3) is 10.9 Å². The van der Waals surface area contributed by atoms with Crippen LogP contribution in [0, 0.1) is 0 Å². The second-order valence-electron chi connectivity index (χ2n) is 5.68. The molecule has 1 N–H and O–H groups in total. The molecule has 2 aromatic rings. The van der Waals surface area contributed by atoms with E-state index in [1.807, 2.05) is 13.0 Å². The second kappa shape index (κ2) is 4.23. The number of allylic oxidation sites excluding steroid dienone is 1. The Morgan fingerprint density at radius 3 is 3.00 bits per heavy atom. The van der Waals surface area contributed by atoms with E-state index in [9.17, 15) is 4.79 Å². The Bertz CT molecular complexity index is 726. The summed E-state index contributed by atoms with van der Waals surface area (Å²) in [7, 11) is 0. The van der Waals surface area contributed by atoms with Gasteiger partial charge < -0.3 is 9.88 Å². The quantitative estimate of drug-likeness (QED) is 0.729. The van der Waals surface area contributed by atoms with Crippen molar-refractivity contribution >= 4 is 16.8 Å². The third kappa shape index (κ3) is 1.49. The molecular weight excluding hydrogens is 248 g/mol. The van der Waals surface area contributed by atoms with Gasteiger partial charge in [0, 0.05) is 28.7 Å². The molecule has 1 atom stereocenters. The fourth-order valence-corrected chi connectivity index (χ4v) is 3.71. The maximum absolute atomic E-state index is 12.5. The number of aromatic nitrogens is 1. The van der Waals surface area contributed by atoms with Gasteiger partial charge in [0.25, 0.3) is 0 Å². The lowest BCUT2D eigenvalue weighted by Gasteiger charge is -2.40. The predicted molar refractivity (Wildman–Crippen MR) is 79.4 cm³/mol. The van der Waals surface area contributed by atoms with Crippen LogP contribution in [0.4, 0.5) is 0 Å². The van der Waals surface area contributed by atoms with Crippen molar-refractivity contribution in [1.29, 1.82) is 0 Å². The van der Waals surface area contributed by atoms with Gasteiger partial charge in [0.15, 0.2) is 0 Å². The van der Waals surface area contributed by atoms with E-state index in [0.717, 1.165) is 31.4 Å². The molecule has 20 heavy (non-hydrogen) atoms. The Labute approximate surface area is 118 Å². The highest BCUT2D eigenvalue weighted by Crippen LogP contribution is 2.40. The summed E-state index contributed by atoms with van der Waals surface area (Å²) in [5.74, 6) is 0.230. The molecule has 1 aromatic heterocycles. The Morgan fingerprint density at radius 1 is 1.30 bits per heavy atom. The van der Waals surface area contributed by atoms with E-state index < -0.39 is 0 Å². The Hall–Kier alpha value is -2.03. The number of benzene rings is 1. The van der Waals surface area contributed by atoms with Crippen molar-refractivity contribution in [3.05, 3.63) is 47.2 Å². The van der Waals surface area contributed by atoms with Gasteiger partial charge in [0.05, 0.1) is 6.04 Å². The maximum Gasteiger partial charge on any atom is 0.250 e. The molecule has 1 amide bonds. The average molecular weight is 266 g/mol. The van der Waals surface area contributed by atoms with Gasteiger partial charge in [-0.25, -0.2) is 0 Å². The molecule has 4 rings (SSSR count). The van der Waals surface area contributed by atoms with Crippen molar-refractivity contribution in [2.24, 2.45) is 0 Å². The predicted octanol–water partition coefficient (Wildman–Crippen LogP) is 3.33. The lowest BCUT2D eigenvalue weighted by Crippen LogP contribution is -2.43. The lowest BCUT2D eigenvalue weighted by molar-refractivity contribution is -0.132. The Morgan fingerprint density at radius 2 is 2.15 bits per heavy atom. The van der Waals surface area contributed by atoms with Gasteiger partial charge in [-0.1, -0.05) is 24.3 Å². The van der Waals surface area contributed by atoms with E-state index in [1.165, 1.54) is 22.2 Å². The SMILES string of the molecule is C/C=C1\CC[C@H]2c3[nH]c4ccccc4c3CCN2C1=O. The number of fused-ring (bicyclic) bond motifs is 5. The molecule has 2 aliphatic heterocycles. The molecular formula is C17H18N2O. The van der Waals surface area contributed by atoms with Crippen LogP contribution in [0.2, 0.25) is 0 Å². The van der Waals surface area contributed by atoms with Gasteiger partial charge in [0.2, 0.25) is 5.91 Å². The number of hydrogen-bond donors (Lipinski definition) is 1. The number of hydrogen-bond acceptors (Lipinski definition) is 1. The fraction of sp³-hybridized carbons (Fsp3) is 0.353. The van der Waals surface area contributed by atoms with E-state index >= 15 is 0 Å². The summed E-state index contributed by atoms with van der Waals surface area (Å²) < 4.78 is 0. The van der Waals surface area contributed by atoms with Gasteiger partial charge in [-0.2, -0.15) is 0 Å². The normalized spacial score (nSPS) is 24.1. The molecule has 0 spiro atoms. The number of aromatic amines is 1. The highest BCUT2D eigenvalue weighted by molar-refractivity contribution is 5.95. The van der Waals surface area contributed by atoms with Crippen LogP contribution in [0.3, 0.4) is 0 Å². The summed E-state index contributed by atoms with van der Waals surface area (Å²) in [6.45, 7) is 2.81. The largest absolute Gasteiger partial charge is 0.356 e. The van der Waals surface area contributed by atoms with Crippen molar-refractivity contribution < 1.29 is 4.79 Å². The van der Waals surface area contributed by atoms with Crippen LogP contribution < -0.4 is 0 Å². The molecule has 0 radical (unpaired) electrons. The number of nitrogens with one attached hydrogen (secondary N) is 1. The third-order valence-corrected chi connectivity index (χ3v) is 4.73. The smallest absolute Gasteiger partial charge is 0.250 e. The second-order valence-corrected chi connectivity index (χ2v) is 5.68. The van der Waals surface area contributed by atoms with E-state index in [1.54, 1.807) is 0 Å². The zero-order chi connectivity index (χ0) is 13.7. The summed E-state index contributed by atoms with van der Waals surface area (Å²) in [6.07, 6.45) is 4.86. The third-order valence-electron chi connectivity index (χ3n) is 4.73. The number of carbonyl (C=O) groups excluding carboxylic acids is 1. The first-order valence-corrected chi connectivity index (χ1v) is 7.35. The summed E-state index contributed by atoms with van der Waals surface area (Å²) >= 11 is 0. The molecule has 0 bridgehead atoms. The van der Waals surface area contributed by atoms with Gasteiger partial charge in [0.1, 0.15) is 0 Å². The van der Waals surface area contributed by atoms with Gasteiger partial charge in [-0.15, -0.1) is 0 Å². The molecule has 3 nitrogen and oxygen atoms in total. The van der Waals surface area contributed by atoms with E-state index in [-0.39, 0.29) is 11.9 Å². The van der Waals surface area contributed by atoms with Gasteiger partial charge in [-0.3, -0.25) is 4.79 Å². The molecule has 1 saturated heterocycles. The van der Waals surface area contributed by atoms with Crippen LogP contribution in [0.5, 0.6) is 0 Å². The van der Waals surface area contributed by atoms with Crippen molar-refractivity contribution in [1.82, 2.24) is 9.88 Å². The molecule has 3 heteroatoms. The number of rotatable bonds is 0. The molecule has 0 unspecified atom stereocenters. The zero-order valence-electron chi connectivity index (χ0n) is 11.6. The topological polar surface area (TPSA) is 36.1 Å². The van der Waals surface area contributed by atoms with E-state index in [2.05, 4.69) is 34.1 Å². The monoisotopic (exact) mass is 266 g/mol. The first-order chi connectivity index (χ1) is 9.79. The number of para-hydroxylation sites is 1. The van der Waals surface area contributed by atoms with Crippen molar-refractivity contribution in [3.63, 3.8) is 0 Å². The van der Waals surface area contributed by atoms with Crippen molar-refractivity contribution in [2.75, 3.05) is 6.54 Å². The number of H-pyrrole nitrogens is 1. The Balaban J connectivity index is 1.83. The minimum Gasteiger partial charge on any atom is -0.356 e. The minimum absolute atomic E-state index is 0.230. The van der Waals surface area contributed by atoms with Crippen molar-refractivity contribution in [2.45, 2.75) is 32.2 Å². The van der Waals surface area contributed by atoms with Crippen LogP contribution in [0.1, 0.15) is 37.1 Å². The maximum atomic E-state index is 12.5. The van der Waals surface area contributed by atoms with Crippen LogP contribution in [-0.4, -0.2) is 22.3 Å². The first-order valence-electron chi connectivity index (χ1n) is 7.35. The lowest BCUT2D eigenvalue weighted by atomic mass is 9.88. The minimum atomic E-state index is 0.230. The fourth-order valence-electron chi connectivity index (χ4n) is 3.71. The molecule has 2 aliphatic rings. The number of nitrogens with zero attached hydrogens (tertiary/aromatic N) is 1. The summed E-state index contributed by atoms with van der Waals surface area (Å²) in [5, 5.41) is 1.33. The average Bonchev–Trinajstić information content (AvgIpc) is 2.86. The number of piperidine rings is 1. The standard InChI is InChI=1S/C17H18N2O/c1-2-11-7-8-15-16-13(9-10-19(15)17(11)20)12-5-3-4-6-14(12)18-16/h2-6,15,18H,7-10H2,1H3/b11-2+/t15-/m0/s1. The molecule has 102 valence electrons. The van der Waals surface area contributed by atoms with Gasteiger partial charge >= 0.3 is 0 Å². The van der Waals surface area contributed by atoms with E-state index in [4.69, 9.17) is 0 Å².